The van der Waals surface area contributed by atoms with E-state index in [1.54, 1.807) is 14.2 Å². The molecule has 0 heterocycles. The quantitative estimate of drug-likeness (QED) is 0.342. The van der Waals surface area contributed by atoms with Crippen molar-refractivity contribution in [2.24, 2.45) is 4.99 Å². The van der Waals surface area contributed by atoms with Gasteiger partial charge in [-0.1, -0.05) is 41.9 Å². The second-order valence-electron chi connectivity index (χ2n) is 6.15. The third-order valence-corrected chi connectivity index (χ3v) is 4.43. The molecule has 2 rings (SSSR count). The number of hydrogen-bond acceptors (Lipinski definition) is 3. The Kier molecular flexibility index (Phi) is 10.5. The minimum Gasteiger partial charge on any atom is -0.496 e. The van der Waals surface area contributed by atoms with E-state index >= 15 is 0 Å². The summed E-state index contributed by atoms with van der Waals surface area (Å²) in [4.78, 5) is 6.47. The van der Waals surface area contributed by atoms with Crippen LogP contribution in [0.1, 0.15) is 17.2 Å². The van der Waals surface area contributed by atoms with Crippen molar-refractivity contribution in [1.82, 2.24) is 15.5 Å². The molecule has 0 bridgehead atoms. The van der Waals surface area contributed by atoms with Gasteiger partial charge in [-0.15, -0.1) is 24.0 Å². The standard InChI is InChI=1S/C20H27ClN4O.HI/c1-22-20(23-13-15-9-11-16(21)12-10-15)24-14-18(25(2)3)17-7-5-6-8-19(17)26-4;/h5-12,18H,13-14H2,1-4H3,(H2,22,23,24);1H. The monoisotopic (exact) mass is 502 g/mol. The highest BCUT2D eigenvalue weighted by Gasteiger charge is 2.18. The summed E-state index contributed by atoms with van der Waals surface area (Å²) in [5.74, 6) is 1.64. The van der Waals surface area contributed by atoms with Crippen molar-refractivity contribution in [2.75, 3.05) is 34.8 Å². The van der Waals surface area contributed by atoms with Crippen LogP contribution in [0.25, 0.3) is 0 Å². The van der Waals surface area contributed by atoms with E-state index < -0.39 is 0 Å². The smallest absolute Gasteiger partial charge is 0.191 e. The molecule has 1 unspecified atom stereocenters. The number of hydrogen-bond donors (Lipinski definition) is 2. The van der Waals surface area contributed by atoms with Gasteiger partial charge in [0.25, 0.3) is 0 Å². The SMILES string of the molecule is CN=C(NCc1ccc(Cl)cc1)NCC(c1ccccc1OC)N(C)C.I. The van der Waals surface area contributed by atoms with Gasteiger partial charge in [-0.05, 0) is 37.9 Å². The summed E-state index contributed by atoms with van der Waals surface area (Å²) in [6, 6.07) is 16.0. The minimum atomic E-state index is 0. The Morgan fingerprint density at radius 2 is 1.78 bits per heavy atom. The van der Waals surface area contributed by atoms with E-state index in [2.05, 4.69) is 40.7 Å². The lowest BCUT2D eigenvalue weighted by Gasteiger charge is -2.27. The summed E-state index contributed by atoms with van der Waals surface area (Å²) in [6.07, 6.45) is 0. The van der Waals surface area contributed by atoms with Gasteiger partial charge in [0.15, 0.2) is 5.96 Å². The van der Waals surface area contributed by atoms with Crippen molar-refractivity contribution in [3.8, 4) is 5.75 Å². The molecule has 0 amide bonds. The first-order chi connectivity index (χ1) is 12.5. The van der Waals surface area contributed by atoms with E-state index in [9.17, 15) is 0 Å². The molecule has 0 aromatic heterocycles. The molecule has 27 heavy (non-hydrogen) atoms. The average Bonchev–Trinajstić information content (AvgIpc) is 2.65. The lowest BCUT2D eigenvalue weighted by Crippen LogP contribution is -2.41. The van der Waals surface area contributed by atoms with Gasteiger partial charge < -0.3 is 20.3 Å². The number of guanidine groups is 1. The lowest BCUT2D eigenvalue weighted by molar-refractivity contribution is 0.287. The first-order valence-electron chi connectivity index (χ1n) is 8.53. The number of aliphatic imine (C=N–C) groups is 1. The van der Waals surface area contributed by atoms with Crippen molar-refractivity contribution in [1.29, 1.82) is 0 Å². The molecule has 1 atom stereocenters. The molecule has 0 saturated heterocycles. The fourth-order valence-electron chi connectivity index (χ4n) is 2.71. The summed E-state index contributed by atoms with van der Waals surface area (Å²) < 4.78 is 5.51. The summed E-state index contributed by atoms with van der Waals surface area (Å²) in [7, 11) is 7.59. The van der Waals surface area contributed by atoms with Gasteiger partial charge in [0.05, 0.1) is 13.2 Å². The highest BCUT2D eigenvalue weighted by molar-refractivity contribution is 14.0. The predicted molar refractivity (Wildman–Crippen MR) is 124 cm³/mol. The Hall–Kier alpha value is -1.51. The molecule has 0 saturated carbocycles. The van der Waals surface area contributed by atoms with Crippen LogP contribution >= 0.6 is 35.6 Å². The number of likely N-dealkylation sites (N-methyl/N-ethyl adjacent to an activating group) is 1. The fraction of sp³-hybridized carbons (Fsp3) is 0.350. The van der Waals surface area contributed by atoms with E-state index in [1.807, 2.05) is 42.5 Å². The molecule has 148 valence electrons. The van der Waals surface area contributed by atoms with Crippen molar-refractivity contribution < 1.29 is 4.74 Å². The molecule has 0 fully saturated rings. The van der Waals surface area contributed by atoms with Gasteiger partial charge in [0.2, 0.25) is 0 Å². The van der Waals surface area contributed by atoms with E-state index in [0.29, 0.717) is 13.1 Å². The van der Waals surface area contributed by atoms with E-state index in [1.165, 1.54) is 0 Å². The number of halogens is 2. The van der Waals surface area contributed by atoms with Gasteiger partial charge >= 0.3 is 0 Å². The van der Waals surface area contributed by atoms with E-state index in [0.717, 1.165) is 27.9 Å². The Balaban J connectivity index is 0.00000364. The van der Waals surface area contributed by atoms with Crippen LogP contribution in [-0.4, -0.2) is 45.7 Å². The summed E-state index contributed by atoms with van der Waals surface area (Å²) >= 11 is 5.93. The minimum absolute atomic E-state index is 0. The molecular formula is C20H28ClIN4O. The third kappa shape index (κ3) is 7.20. The highest BCUT2D eigenvalue weighted by Crippen LogP contribution is 2.27. The van der Waals surface area contributed by atoms with Crippen LogP contribution in [0, 0.1) is 0 Å². The molecule has 7 heteroatoms. The molecule has 5 nitrogen and oxygen atoms in total. The predicted octanol–water partition coefficient (Wildman–Crippen LogP) is 3.93. The Labute approximate surface area is 184 Å². The molecule has 0 aliphatic rings. The summed E-state index contributed by atoms with van der Waals surface area (Å²) in [5, 5.41) is 7.46. The zero-order chi connectivity index (χ0) is 18.9. The number of para-hydroxylation sites is 1. The van der Waals surface area contributed by atoms with Crippen LogP contribution in [0.2, 0.25) is 5.02 Å². The first kappa shape index (κ1) is 23.5. The van der Waals surface area contributed by atoms with Gasteiger partial charge in [-0.3, -0.25) is 4.99 Å². The van der Waals surface area contributed by atoms with Crippen LogP contribution in [0.15, 0.2) is 53.5 Å². The molecule has 0 aliphatic carbocycles. The highest BCUT2D eigenvalue weighted by atomic mass is 127. The van der Waals surface area contributed by atoms with Gasteiger partial charge in [0, 0.05) is 30.7 Å². The summed E-state index contributed by atoms with van der Waals surface area (Å²) in [6.45, 7) is 1.38. The number of rotatable bonds is 7. The zero-order valence-corrected chi connectivity index (χ0v) is 19.3. The fourth-order valence-corrected chi connectivity index (χ4v) is 2.84. The van der Waals surface area contributed by atoms with Crippen LogP contribution in [0.5, 0.6) is 5.75 Å². The number of methoxy groups -OCH3 is 1. The van der Waals surface area contributed by atoms with Gasteiger partial charge in [-0.25, -0.2) is 0 Å². The van der Waals surface area contributed by atoms with E-state index in [-0.39, 0.29) is 30.0 Å². The number of nitrogens with zero attached hydrogens (tertiary/aromatic N) is 2. The van der Waals surface area contributed by atoms with Crippen molar-refractivity contribution in [3.63, 3.8) is 0 Å². The topological polar surface area (TPSA) is 48.9 Å². The second kappa shape index (κ2) is 12.0. The molecule has 0 radical (unpaired) electrons. The first-order valence-corrected chi connectivity index (χ1v) is 8.91. The maximum Gasteiger partial charge on any atom is 0.191 e. The van der Waals surface area contributed by atoms with Crippen LogP contribution in [-0.2, 0) is 6.54 Å². The van der Waals surface area contributed by atoms with Gasteiger partial charge in [-0.2, -0.15) is 0 Å². The average molecular weight is 503 g/mol. The second-order valence-corrected chi connectivity index (χ2v) is 6.59. The number of ether oxygens (including phenoxy) is 1. The Morgan fingerprint density at radius 1 is 1.11 bits per heavy atom. The normalized spacial score (nSPS) is 12.3. The summed E-state index contributed by atoms with van der Waals surface area (Å²) in [5.41, 5.74) is 2.28. The maximum absolute atomic E-state index is 5.93. The molecule has 0 aliphatic heterocycles. The van der Waals surface area contributed by atoms with Crippen LogP contribution in [0.4, 0.5) is 0 Å². The lowest BCUT2D eigenvalue weighted by atomic mass is 10.0. The number of nitrogens with one attached hydrogen (secondary N) is 2. The Bertz CT molecular complexity index is 722. The van der Waals surface area contributed by atoms with Crippen LogP contribution < -0.4 is 15.4 Å². The Morgan fingerprint density at radius 3 is 2.37 bits per heavy atom. The molecular weight excluding hydrogens is 475 g/mol. The maximum atomic E-state index is 5.93. The van der Waals surface area contributed by atoms with Crippen molar-refractivity contribution in [3.05, 3.63) is 64.7 Å². The number of benzene rings is 2. The molecule has 0 spiro atoms. The zero-order valence-electron chi connectivity index (χ0n) is 16.2. The van der Waals surface area contributed by atoms with E-state index in [4.69, 9.17) is 16.3 Å². The molecule has 2 aromatic rings. The molecule has 2 aromatic carbocycles. The van der Waals surface area contributed by atoms with Crippen molar-refractivity contribution >= 4 is 41.5 Å². The van der Waals surface area contributed by atoms with Crippen molar-refractivity contribution in [2.45, 2.75) is 12.6 Å². The van der Waals surface area contributed by atoms with Crippen LogP contribution in [0.3, 0.4) is 0 Å². The van der Waals surface area contributed by atoms with Gasteiger partial charge in [0.1, 0.15) is 5.75 Å². The molecule has 2 N–H and O–H groups in total. The third-order valence-electron chi connectivity index (χ3n) is 4.18. The largest absolute Gasteiger partial charge is 0.496 e.